The minimum absolute atomic E-state index is 0.453. The van der Waals surface area contributed by atoms with Gasteiger partial charge in [-0.3, -0.25) is 9.59 Å². The monoisotopic (exact) mass is 371 g/mol. The average molecular weight is 372 g/mol. The predicted molar refractivity (Wildman–Crippen MR) is 98.8 cm³/mol. The van der Waals surface area contributed by atoms with Crippen LogP contribution in [0.25, 0.3) is 0 Å². The van der Waals surface area contributed by atoms with Crippen LogP contribution in [-0.4, -0.2) is 28.8 Å². The minimum atomic E-state index is -0.962. The number of carbonyl (C=O) groups excluding carboxylic acids is 3. The summed E-state index contributed by atoms with van der Waals surface area (Å²) in [6.45, 7) is 3.36. The van der Waals surface area contributed by atoms with Gasteiger partial charge in [-0.15, -0.1) is 0 Å². The molecule has 2 aromatic carbocycles. The third kappa shape index (κ3) is 3.41. The molecular weight excluding hydrogens is 354 g/mol. The SMILES string of the molecule is Cc1ccc(NC(=O)C(C)N2C(=O)NC(c3ccccc3)C2=O)cc1Cl. The van der Waals surface area contributed by atoms with Crippen molar-refractivity contribution in [2.24, 2.45) is 0 Å². The van der Waals surface area contributed by atoms with E-state index in [1.807, 2.05) is 13.0 Å². The van der Waals surface area contributed by atoms with Gasteiger partial charge in [0.2, 0.25) is 5.91 Å². The van der Waals surface area contributed by atoms with E-state index in [0.29, 0.717) is 16.3 Å². The highest BCUT2D eigenvalue weighted by atomic mass is 35.5. The molecule has 0 aliphatic carbocycles. The molecule has 1 heterocycles. The Balaban J connectivity index is 1.75. The van der Waals surface area contributed by atoms with Crippen LogP contribution in [0.1, 0.15) is 24.1 Å². The fraction of sp³-hybridized carbons (Fsp3) is 0.211. The molecule has 4 amide bonds. The first-order valence-corrected chi connectivity index (χ1v) is 8.52. The van der Waals surface area contributed by atoms with Gasteiger partial charge in [0.05, 0.1) is 0 Å². The first-order valence-electron chi connectivity index (χ1n) is 8.14. The van der Waals surface area contributed by atoms with E-state index < -0.39 is 29.9 Å². The molecular formula is C19H18ClN3O3. The largest absolute Gasteiger partial charge is 0.325 e. The van der Waals surface area contributed by atoms with Crippen LogP contribution in [-0.2, 0) is 9.59 Å². The summed E-state index contributed by atoms with van der Waals surface area (Å²) in [6, 6.07) is 11.7. The molecule has 0 spiro atoms. The third-order valence-corrected chi connectivity index (χ3v) is 4.72. The molecule has 0 bridgehead atoms. The van der Waals surface area contributed by atoms with Crippen molar-refractivity contribution in [3.05, 3.63) is 64.7 Å². The summed E-state index contributed by atoms with van der Waals surface area (Å²) in [5.41, 5.74) is 2.06. The third-order valence-electron chi connectivity index (χ3n) is 4.31. The summed E-state index contributed by atoms with van der Waals surface area (Å²) in [5, 5.41) is 5.83. The Morgan fingerprint density at radius 3 is 2.54 bits per heavy atom. The van der Waals surface area contributed by atoms with Crippen LogP contribution in [0.3, 0.4) is 0 Å². The molecule has 2 aromatic rings. The number of nitrogens with one attached hydrogen (secondary N) is 2. The van der Waals surface area contributed by atoms with Gasteiger partial charge in [0.15, 0.2) is 0 Å². The zero-order valence-electron chi connectivity index (χ0n) is 14.3. The highest BCUT2D eigenvalue weighted by molar-refractivity contribution is 6.31. The highest BCUT2D eigenvalue weighted by Gasteiger charge is 2.43. The zero-order chi connectivity index (χ0) is 18.8. The first-order chi connectivity index (χ1) is 12.4. The summed E-state index contributed by atoms with van der Waals surface area (Å²) in [6.07, 6.45) is 0. The van der Waals surface area contributed by atoms with Gasteiger partial charge < -0.3 is 10.6 Å². The maximum atomic E-state index is 12.7. The molecule has 1 aliphatic heterocycles. The quantitative estimate of drug-likeness (QED) is 0.809. The Hall–Kier alpha value is -2.86. The lowest BCUT2D eigenvalue weighted by Gasteiger charge is -2.21. The van der Waals surface area contributed by atoms with E-state index in [-0.39, 0.29) is 0 Å². The topological polar surface area (TPSA) is 78.5 Å². The van der Waals surface area contributed by atoms with Crippen molar-refractivity contribution < 1.29 is 14.4 Å². The van der Waals surface area contributed by atoms with Crippen molar-refractivity contribution in [2.75, 3.05) is 5.32 Å². The molecule has 134 valence electrons. The number of hydrogen-bond donors (Lipinski definition) is 2. The lowest BCUT2D eigenvalue weighted by molar-refractivity contribution is -0.133. The van der Waals surface area contributed by atoms with Gasteiger partial charge in [-0.2, -0.15) is 0 Å². The average Bonchev–Trinajstić information content (AvgIpc) is 2.92. The number of rotatable bonds is 4. The number of imide groups is 1. The van der Waals surface area contributed by atoms with Crippen LogP contribution in [0.4, 0.5) is 10.5 Å². The van der Waals surface area contributed by atoms with Gasteiger partial charge in [-0.05, 0) is 37.1 Å². The summed E-state index contributed by atoms with van der Waals surface area (Å²) in [7, 11) is 0. The van der Waals surface area contributed by atoms with Crippen LogP contribution in [0.2, 0.25) is 5.02 Å². The van der Waals surface area contributed by atoms with E-state index in [2.05, 4.69) is 10.6 Å². The van der Waals surface area contributed by atoms with Crippen molar-refractivity contribution in [3.8, 4) is 0 Å². The number of halogens is 1. The van der Waals surface area contributed by atoms with E-state index in [4.69, 9.17) is 11.6 Å². The normalized spacial score (nSPS) is 17.8. The van der Waals surface area contributed by atoms with Crippen LogP contribution in [0.15, 0.2) is 48.5 Å². The fourth-order valence-corrected chi connectivity index (χ4v) is 2.95. The second kappa shape index (κ2) is 7.17. The Morgan fingerprint density at radius 2 is 1.88 bits per heavy atom. The second-order valence-corrected chi connectivity index (χ2v) is 6.54. The van der Waals surface area contributed by atoms with Gasteiger partial charge in [0, 0.05) is 10.7 Å². The summed E-state index contributed by atoms with van der Waals surface area (Å²) in [4.78, 5) is 38.4. The maximum Gasteiger partial charge on any atom is 0.325 e. The molecule has 2 atom stereocenters. The van der Waals surface area contributed by atoms with Crippen molar-refractivity contribution in [3.63, 3.8) is 0 Å². The fourth-order valence-electron chi connectivity index (χ4n) is 2.77. The van der Waals surface area contributed by atoms with Gasteiger partial charge in [0.1, 0.15) is 12.1 Å². The standard InChI is InChI=1S/C19H18ClN3O3/c1-11-8-9-14(10-15(11)20)21-17(24)12(2)23-18(25)16(22-19(23)26)13-6-4-3-5-7-13/h3-10,12,16H,1-2H3,(H,21,24)(H,22,26). The van der Waals surface area contributed by atoms with E-state index in [9.17, 15) is 14.4 Å². The molecule has 6 nitrogen and oxygen atoms in total. The smallest absolute Gasteiger partial charge is 0.324 e. The number of aryl methyl sites for hydroxylation is 1. The number of carbonyl (C=O) groups is 3. The Morgan fingerprint density at radius 1 is 1.19 bits per heavy atom. The Labute approximate surface area is 156 Å². The predicted octanol–water partition coefficient (Wildman–Crippen LogP) is 3.27. The summed E-state index contributed by atoms with van der Waals surface area (Å²) < 4.78 is 0. The number of amides is 4. The molecule has 1 aliphatic rings. The van der Waals surface area contributed by atoms with Crippen molar-refractivity contribution >= 4 is 35.1 Å². The van der Waals surface area contributed by atoms with Crippen molar-refractivity contribution in [2.45, 2.75) is 25.9 Å². The molecule has 7 heteroatoms. The van der Waals surface area contributed by atoms with Gasteiger partial charge in [-0.25, -0.2) is 9.69 Å². The van der Waals surface area contributed by atoms with Gasteiger partial charge in [-0.1, -0.05) is 48.0 Å². The van der Waals surface area contributed by atoms with Crippen LogP contribution >= 0.6 is 11.6 Å². The number of urea groups is 1. The first kappa shape index (κ1) is 17.9. The lowest BCUT2D eigenvalue weighted by Crippen LogP contribution is -2.45. The molecule has 0 radical (unpaired) electrons. The molecule has 0 saturated carbocycles. The van der Waals surface area contributed by atoms with E-state index in [0.717, 1.165) is 10.5 Å². The highest BCUT2D eigenvalue weighted by Crippen LogP contribution is 2.24. The molecule has 1 saturated heterocycles. The lowest BCUT2D eigenvalue weighted by atomic mass is 10.1. The molecule has 0 aromatic heterocycles. The number of nitrogens with zero attached hydrogens (tertiary/aromatic N) is 1. The van der Waals surface area contributed by atoms with E-state index in [1.165, 1.54) is 6.92 Å². The molecule has 2 N–H and O–H groups in total. The number of hydrogen-bond acceptors (Lipinski definition) is 3. The van der Waals surface area contributed by atoms with E-state index >= 15 is 0 Å². The Kier molecular flexibility index (Phi) is 4.95. The summed E-state index contributed by atoms with van der Waals surface area (Å²) in [5.74, 6) is -0.923. The van der Waals surface area contributed by atoms with Gasteiger partial charge in [0.25, 0.3) is 5.91 Å². The number of anilines is 1. The molecule has 26 heavy (non-hydrogen) atoms. The summed E-state index contributed by atoms with van der Waals surface area (Å²) >= 11 is 6.06. The minimum Gasteiger partial charge on any atom is -0.324 e. The maximum absolute atomic E-state index is 12.7. The van der Waals surface area contributed by atoms with Crippen LogP contribution in [0.5, 0.6) is 0 Å². The second-order valence-electron chi connectivity index (χ2n) is 6.13. The van der Waals surface area contributed by atoms with Crippen LogP contribution in [0, 0.1) is 6.92 Å². The van der Waals surface area contributed by atoms with Crippen molar-refractivity contribution in [1.82, 2.24) is 10.2 Å². The van der Waals surface area contributed by atoms with Crippen molar-refractivity contribution in [1.29, 1.82) is 0 Å². The zero-order valence-corrected chi connectivity index (χ0v) is 15.1. The van der Waals surface area contributed by atoms with Crippen LogP contribution < -0.4 is 10.6 Å². The Bertz CT molecular complexity index is 870. The van der Waals surface area contributed by atoms with E-state index in [1.54, 1.807) is 42.5 Å². The molecule has 3 rings (SSSR count). The number of benzene rings is 2. The molecule has 2 unspecified atom stereocenters. The van der Waals surface area contributed by atoms with Gasteiger partial charge >= 0.3 is 6.03 Å². The molecule has 1 fully saturated rings.